The Morgan fingerprint density at radius 2 is 2.10 bits per heavy atom. The molecule has 0 amide bonds. The van der Waals surface area contributed by atoms with Crippen LogP contribution in [0.15, 0.2) is 42.7 Å². The van der Waals surface area contributed by atoms with E-state index in [-0.39, 0.29) is 0 Å². The molecule has 3 aromatic rings. The van der Waals surface area contributed by atoms with Crippen LogP contribution in [-0.2, 0) is 0 Å². The van der Waals surface area contributed by atoms with Crippen LogP contribution in [0, 0.1) is 6.92 Å². The molecule has 6 heteroatoms. The molecular formula is C14H11ClN4S. The number of thiazole rings is 1. The molecule has 0 aliphatic heterocycles. The molecule has 0 saturated carbocycles. The minimum atomic E-state index is 0.538. The lowest BCUT2D eigenvalue weighted by atomic mass is 10.3. The maximum absolute atomic E-state index is 5.95. The van der Waals surface area contributed by atoms with E-state index in [1.165, 1.54) is 0 Å². The second-order valence-corrected chi connectivity index (χ2v) is 5.82. The summed E-state index contributed by atoms with van der Waals surface area (Å²) in [5.41, 5.74) is 1.71. The van der Waals surface area contributed by atoms with Crippen molar-refractivity contribution in [3.05, 3.63) is 52.8 Å². The molecule has 0 spiro atoms. The summed E-state index contributed by atoms with van der Waals surface area (Å²) < 4.78 is 0. The summed E-state index contributed by atoms with van der Waals surface area (Å²) in [4.78, 5) is 14.0. The van der Waals surface area contributed by atoms with Crippen molar-refractivity contribution >= 4 is 34.6 Å². The number of rotatable bonds is 3. The van der Waals surface area contributed by atoms with Crippen LogP contribution in [0.1, 0.15) is 5.01 Å². The van der Waals surface area contributed by atoms with Gasteiger partial charge in [-0.3, -0.25) is 0 Å². The maximum Gasteiger partial charge on any atom is 0.227 e. The molecule has 20 heavy (non-hydrogen) atoms. The Kier molecular flexibility index (Phi) is 3.62. The zero-order valence-corrected chi connectivity index (χ0v) is 12.2. The number of benzene rings is 1. The van der Waals surface area contributed by atoms with Crippen molar-refractivity contribution in [2.75, 3.05) is 5.32 Å². The number of hydrogen-bond donors (Lipinski definition) is 1. The summed E-state index contributed by atoms with van der Waals surface area (Å²) in [6.07, 6.45) is 3.55. The molecule has 0 aliphatic carbocycles. The topological polar surface area (TPSA) is 50.7 Å². The van der Waals surface area contributed by atoms with Crippen LogP contribution in [0.5, 0.6) is 0 Å². The Morgan fingerprint density at radius 1 is 1.20 bits per heavy atom. The zero-order valence-electron chi connectivity index (χ0n) is 10.7. The Bertz CT molecular complexity index is 741. The highest BCUT2D eigenvalue weighted by Crippen LogP contribution is 2.25. The highest BCUT2D eigenvalue weighted by atomic mass is 35.5. The molecule has 100 valence electrons. The number of aromatic nitrogens is 3. The maximum atomic E-state index is 5.95. The van der Waals surface area contributed by atoms with Gasteiger partial charge >= 0.3 is 0 Å². The van der Waals surface area contributed by atoms with Crippen molar-refractivity contribution in [3.8, 4) is 10.6 Å². The van der Waals surface area contributed by atoms with Crippen LogP contribution in [0.25, 0.3) is 10.6 Å². The van der Waals surface area contributed by atoms with E-state index in [2.05, 4.69) is 20.3 Å². The van der Waals surface area contributed by atoms with E-state index < -0.39 is 0 Å². The van der Waals surface area contributed by atoms with E-state index >= 15 is 0 Å². The minimum Gasteiger partial charge on any atom is -0.324 e. The van der Waals surface area contributed by atoms with Gasteiger partial charge in [-0.25, -0.2) is 15.0 Å². The van der Waals surface area contributed by atoms with Gasteiger partial charge in [0, 0.05) is 23.1 Å². The van der Waals surface area contributed by atoms with Crippen molar-refractivity contribution in [1.29, 1.82) is 0 Å². The molecule has 1 N–H and O–H groups in total. The van der Waals surface area contributed by atoms with Gasteiger partial charge in [0.05, 0.1) is 15.6 Å². The second kappa shape index (κ2) is 5.56. The summed E-state index contributed by atoms with van der Waals surface area (Å²) in [5, 5.41) is 4.83. The summed E-state index contributed by atoms with van der Waals surface area (Å²) in [7, 11) is 0. The van der Waals surface area contributed by atoms with Crippen LogP contribution in [0.3, 0.4) is 0 Å². The Labute approximate surface area is 125 Å². The summed E-state index contributed by atoms with van der Waals surface area (Å²) in [6.45, 7) is 1.97. The van der Waals surface area contributed by atoms with Gasteiger partial charge in [-0.15, -0.1) is 11.3 Å². The first kappa shape index (κ1) is 13.0. The minimum absolute atomic E-state index is 0.538. The molecule has 0 radical (unpaired) electrons. The first-order valence-corrected chi connectivity index (χ1v) is 7.18. The molecule has 0 saturated heterocycles. The van der Waals surface area contributed by atoms with Gasteiger partial charge in [-0.1, -0.05) is 17.7 Å². The van der Waals surface area contributed by atoms with Crippen LogP contribution >= 0.6 is 22.9 Å². The lowest BCUT2D eigenvalue weighted by Crippen LogP contribution is -1.97. The summed E-state index contributed by atoms with van der Waals surface area (Å²) >= 11 is 7.56. The number of aryl methyl sites for hydroxylation is 1. The Morgan fingerprint density at radius 3 is 2.85 bits per heavy atom. The van der Waals surface area contributed by atoms with Gasteiger partial charge in [-0.2, -0.15) is 0 Å². The lowest BCUT2D eigenvalue weighted by Gasteiger charge is -2.05. The molecule has 1 aromatic carbocycles. The standard InChI is InChI=1S/C14H11ClN4S/c1-9-17-8-13(20-9)12-5-6-16-14(19-12)18-11-4-2-3-10(15)7-11/h2-8H,1H3,(H,16,18,19). The van der Waals surface area contributed by atoms with E-state index in [4.69, 9.17) is 11.6 Å². The molecule has 0 unspecified atom stereocenters. The Balaban J connectivity index is 1.88. The van der Waals surface area contributed by atoms with Gasteiger partial charge < -0.3 is 5.32 Å². The molecule has 4 nitrogen and oxygen atoms in total. The fourth-order valence-electron chi connectivity index (χ4n) is 1.73. The smallest absolute Gasteiger partial charge is 0.227 e. The normalized spacial score (nSPS) is 10.5. The average Bonchev–Trinajstić information content (AvgIpc) is 2.86. The Hall–Kier alpha value is -1.98. The predicted molar refractivity (Wildman–Crippen MR) is 82.6 cm³/mol. The molecule has 0 fully saturated rings. The molecule has 0 atom stereocenters. The third-order valence-corrected chi connectivity index (χ3v) is 3.78. The number of nitrogens with zero attached hydrogens (tertiary/aromatic N) is 3. The highest BCUT2D eigenvalue weighted by Gasteiger charge is 2.05. The van der Waals surface area contributed by atoms with Crippen molar-refractivity contribution in [1.82, 2.24) is 15.0 Å². The fourth-order valence-corrected chi connectivity index (χ4v) is 2.67. The molecule has 2 aromatic heterocycles. The molecule has 0 aliphatic rings. The number of halogens is 1. The summed E-state index contributed by atoms with van der Waals surface area (Å²) in [5.74, 6) is 0.538. The first-order valence-electron chi connectivity index (χ1n) is 5.99. The second-order valence-electron chi connectivity index (χ2n) is 4.14. The van der Waals surface area contributed by atoms with Crippen molar-refractivity contribution in [2.45, 2.75) is 6.92 Å². The number of hydrogen-bond acceptors (Lipinski definition) is 5. The molecule has 2 heterocycles. The van der Waals surface area contributed by atoms with E-state index in [0.29, 0.717) is 11.0 Å². The van der Waals surface area contributed by atoms with Crippen LogP contribution in [0.4, 0.5) is 11.6 Å². The van der Waals surface area contributed by atoms with Gasteiger partial charge in [0.15, 0.2) is 0 Å². The first-order chi connectivity index (χ1) is 9.70. The van der Waals surface area contributed by atoms with E-state index in [1.807, 2.05) is 43.5 Å². The van der Waals surface area contributed by atoms with E-state index in [9.17, 15) is 0 Å². The molecule has 3 rings (SSSR count). The van der Waals surface area contributed by atoms with Crippen molar-refractivity contribution in [3.63, 3.8) is 0 Å². The van der Waals surface area contributed by atoms with Crippen LogP contribution < -0.4 is 5.32 Å². The monoisotopic (exact) mass is 302 g/mol. The zero-order chi connectivity index (χ0) is 13.9. The molecular weight excluding hydrogens is 292 g/mol. The summed E-state index contributed by atoms with van der Waals surface area (Å²) in [6, 6.07) is 9.31. The third kappa shape index (κ3) is 2.95. The third-order valence-electron chi connectivity index (χ3n) is 2.61. The SMILES string of the molecule is Cc1ncc(-c2ccnc(Nc3cccc(Cl)c3)n2)s1. The largest absolute Gasteiger partial charge is 0.324 e. The fraction of sp³-hybridized carbons (Fsp3) is 0.0714. The van der Waals surface area contributed by atoms with Gasteiger partial charge in [0.25, 0.3) is 0 Å². The van der Waals surface area contributed by atoms with Crippen LogP contribution in [-0.4, -0.2) is 15.0 Å². The number of anilines is 2. The van der Waals surface area contributed by atoms with Gasteiger partial charge in [-0.05, 0) is 31.2 Å². The number of nitrogens with one attached hydrogen (secondary N) is 1. The predicted octanol–water partition coefficient (Wildman–Crippen LogP) is 4.31. The average molecular weight is 303 g/mol. The van der Waals surface area contributed by atoms with Gasteiger partial charge in [0.1, 0.15) is 0 Å². The lowest BCUT2D eigenvalue weighted by molar-refractivity contribution is 1.17. The van der Waals surface area contributed by atoms with Crippen molar-refractivity contribution < 1.29 is 0 Å². The highest BCUT2D eigenvalue weighted by molar-refractivity contribution is 7.15. The van der Waals surface area contributed by atoms with Crippen LogP contribution in [0.2, 0.25) is 5.02 Å². The van der Waals surface area contributed by atoms with Gasteiger partial charge in [0.2, 0.25) is 5.95 Å². The van der Waals surface area contributed by atoms with E-state index in [0.717, 1.165) is 21.3 Å². The van der Waals surface area contributed by atoms with Crippen molar-refractivity contribution in [2.24, 2.45) is 0 Å². The van der Waals surface area contributed by atoms with E-state index in [1.54, 1.807) is 17.5 Å². The molecule has 0 bridgehead atoms. The quantitative estimate of drug-likeness (QED) is 0.783.